The van der Waals surface area contributed by atoms with Gasteiger partial charge in [-0.15, -0.1) is 0 Å². The van der Waals surface area contributed by atoms with E-state index in [0.29, 0.717) is 18.7 Å². The second kappa shape index (κ2) is 7.31. The summed E-state index contributed by atoms with van der Waals surface area (Å²) in [4.78, 5) is 27.1. The maximum absolute atomic E-state index is 13.1. The summed E-state index contributed by atoms with van der Waals surface area (Å²) in [7, 11) is 1.53. The molecule has 1 fully saturated rings. The number of piperazine rings is 1. The molecule has 0 saturated carbocycles. The molecule has 0 atom stereocenters. The van der Waals surface area contributed by atoms with E-state index in [1.54, 1.807) is 4.90 Å². The minimum Gasteiger partial charge on any atom is -0.339 e. The third-order valence-corrected chi connectivity index (χ3v) is 3.61. The molecule has 0 bridgehead atoms. The predicted octanol–water partition coefficient (Wildman–Crippen LogP) is 0.398. The summed E-state index contributed by atoms with van der Waals surface area (Å²) in [5.41, 5.74) is 0.380. The fraction of sp³-hybridized carbons (Fsp3) is 0.467. The molecule has 1 saturated heterocycles. The van der Waals surface area contributed by atoms with Crippen LogP contribution in [0.4, 0.5) is 8.78 Å². The Balaban J connectivity index is 1.88. The van der Waals surface area contributed by atoms with Crippen LogP contribution >= 0.6 is 0 Å². The monoisotopic (exact) mass is 311 g/mol. The number of amides is 2. The quantitative estimate of drug-likeness (QED) is 0.876. The van der Waals surface area contributed by atoms with Crippen molar-refractivity contribution in [2.75, 3.05) is 39.8 Å². The van der Waals surface area contributed by atoms with Crippen LogP contribution in [0.1, 0.15) is 5.56 Å². The number of nitrogens with one attached hydrogen (secondary N) is 1. The molecule has 22 heavy (non-hydrogen) atoms. The zero-order valence-corrected chi connectivity index (χ0v) is 12.4. The molecule has 1 aliphatic heterocycles. The first-order valence-corrected chi connectivity index (χ1v) is 7.14. The summed E-state index contributed by atoms with van der Waals surface area (Å²) in [6.07, 6.45) is -0.0669. The van der Waals surface area contributed by atoms with Crippen molar-refractivity contribution in [3.63, 3.8) is 0 Å². The van der Waals surface area contributed by atoms with Gasteiger partial charge in [0.25, 0.3) is 0 Å². The van der Waals surface area contributed by atoms with E-state index in [1.807, 2.05) is 0 Å². The summed E-state index contributed by atoms with van der Waals surface area (Å²) in [6, 6.07) is 3.35. The van der Waals surface area contributed by atoms with Crippen molar-refractivity contribution in [2.24, 2.45) is 0 Å². The Morgan fingerprint density at radius 2 is 1.91 bits per heavy atom. The highest BCUT2D eigenvalue weighted by Crippen LogP contribution is 2.10. The van der Waals surface area contributed by atoms with E-state index < -0.39 is 11.6 Å². The van der Waals surface area contributed by atoms with E-state index in [1.165, 1.54) is 18.0 Å². The maximum Gasteiger partial charge on any atom is 0.242 e. The first-order valence-electron chi connectivity index (χ1n) is 7.14. The topological polar surface area (TPSA) is 52.7 Å². The Kier molecular flexibility index (Phi) is 5.43. The van der Waals surface area contributed by atoms with E-state index in [2.05, 4.69) is 5.32 Å². The molecule has 1 aromatic rings. The molecule has 0 radical (unpaired) electrons. The standard InChI is InChI=1S/C15H19F2N3O2/c1-19(10-15(22)20-6-4-18-5-7-20)14(21)9-11-2-3-12(16)13(17)8-11/h2-3,8,18H,4-7,9-10H2,1H3. The Morgan fingerprint density at radius 1 is 1.23 bits per heavy atom. The summed E-state index contributed by atoms with van der Waals surface area (Å²) in [5, 5.41) is 3.15. The number of likely N-dealkylation sites (N-methyl/N-ethyl adjacent to an activating group) is 1. The van der Waals surface area contributed by atoms with E-state index in [4.69, 9.17) is 0 Å². The molecule has 0 spiro atoms. The van der Waals surface area contributed by atoms with Gasteiger partial charge in [0.2, 0.25) is 11.8 Å². The summed E-state index contributed by atoms with van der Waals surface area (Å²) < 4.78 is 26.0. The van der Waals surface area contributed by atoms with Crippen molar-refractivity contribution in [3.05, 3.63) is 35.4 Å². The van der Waals surface area contributed by atoms with Crippen LogP contribution in [0.3, 0.4) is 0 Å². The number of hydrogen-bond acceptors (Lipinski definition) is 3. The minimum absolute atomic E-state index is 0.0114. The summed E-state index contributed by atoms with van der Waals surface area (Å²) in [5.74, 6) is -2.35. The average molecular weight is 311 g/mol. The van der Waals surface area contributed by atoms with Gasteiger partial charge in [-0.3, -0.25) is 9.59 Å². The zero-order chi connectivity index (χ0) is 16.1. The first-order chi connectivity index (χ1) is 10.5. The number of hydrogen-bond donors (Lipinski definition) is 1. The van der Waals surface area contributed by atoms with Crippen molar-refractivity contribution in [1.29, 1.82) is 0 Å². The minimum atomic E-state index is -0.982. The lowest BCUT2D eigenvalue weighted by atomic mass is 10.1. The third kappa shape index (κ3) is 4.24. The van der Waals surface area contributed by atoms with Gasteiger partial charge in [0.15, 0.2) is 11.6 Å². The normalized spacial score (nSPS) is 14.8. The van der Waals surface area contributed by atoms with Crippen molar-refractivity contribution < 1.29 is 18.4 Å². The average Bonchev–Trinajstić information content (AvgIpc) is 2.51. The second-order valence-corrected chi connectivity index (χ2v) is 5.31. The van der Waals surface area contributed by atoms with E-state index in [0.717, 1.165) is 25.2 Å². The van der Waals surface area contributed by atoms with Crippen LogP contribution in [-0.4, -0.2) is 61.4 Å². The molecular formula is C15H19F2N3O2. The van der Waals surface area contributed by atoms with E-state index in [-0.39, 0.29) is 24.8 Å². The SMILES string of the molecule is CN(CC(=O)N1CCNCC1)C(=O)Cc1ccc(F)c(F)c1. The Bertz CT molecular complexity index is 560. The van der Waals surface area contributed by atoms with Crippen molar-refractivity contribution in [3.8, 4) is 0 Å². The van der Waals surface area contributed by atoms with Gasteiger partial charge in [-0.2, -0.15) is 0 Å². The summed E-state index contributed by atoms with van der Waals surface area (Å²) >= 11 is 0. The van der Waals surface area contributed by atoms with Crippen LogP contribution in [0.5, 0.6) is 0 Å². The molecule has 1 aromatic carbocycles. The van der Waals surface area contributed by atoms with Gasteiger partial charge < -0.3 is 15.1 Å². The highest BCUT2D eigenvalue weighted by molar-refractivity contribution is 5.85. The lowest BCUT2D eigenvalue weighted by Crippen LogP contribution is -2.49. The van der Waals surface area contributed by atoms with E-state index in [9.17, 15) is 18.4 Å². The highest BCUT2D eigenvalue weighted by Gasteiger charge is 2.20. The number of carbonyl (C=O) groups excluding carboxylic acids is 2. The number of rotatable bonds is 4. The molecule has 1 heterocycles. The number of benzene rings is 1. The number of carbonyl (C=O) groups is 2. The van der Waals surface area contributed by atoms with E-state index >= 15 is 0 Å². The van der Waals surface area contributed by atoms with Crippen molar-refractivity contribution in [1.82, 2.24) is 15.1 Å². The Hall–Kier alpha value is -2.02. The van der Waals surface area contributed by atoms with Gasteiger partial charge in [-0.05, 0) is 17.7 Å². The number of halogens is 2. The van der Waals surface area contributed by atoms with Crippen LogP contribution in [0, 0.1) is 11.6 Å². The molecule has 1 N–H and O–H groups in total. The highest BCUT2D eigenvalue weighted by atomic mass is 19.2. The molecular weight excluding hydrogens is 292 g/mol. The Morgan fingerprint density at radius 3 is 2.55 bits per heavy atom. The molecule has 0 aliphatic carbocycles. The summed E-state index contributed by atoms with van der Waals surface area (Å²) in [6.45, 7) is 2.74. The van der Waals surface area contributed by atoms with Gasteiger partial charge in [0, 0.05) is 33.2 Å². The lowest BCUT2D eigenvalue weighted by Gasteiger charge is -2.29. The predicted molar refractivity (Wildman–Crippen MR) is 77.1 cm³/mol. The van der Waals surface area contributed by atoms with Gasteiger partial charge >= 0.3 is 0 Å². The second-order valence-electron chi connectivity index (χ2n) is 5.31. The molecule has 1 aliphatic rings. The molecule has 2 amide bonds. The molecule has 120 valence electrons. The van der Waals surface area contributed by atoms with Crippen LogP contribution in [0.15, 0.2) is 18.2 Å². The smallest absolute Gasteiger partial charge is 0.242 e. The number of nitrogens with zero attached hydrogens (tertiary/aromatic N) is 2. The van der Waals surface area contributed by atoms with Gasteiger partial charge in [-0.25, -0.2) is 8.78 Å². The van der Waals surface area contributed by atoms with Crippen LogP contribution in [0.2, 0.25) is 0 Å². The maximum atomic E-state index is 13.1. The molecule has 0 unspecified atom stereocenters. The zero-order valence-electron chi connectivity index (χ0n) is 12.4. The third-order valence-electron chi connectivity index (χ3n) is 3.61. The fourth-order valence-corrected chi connectivity index (χ4v) is 2.26. The van der Waals surface area contributed by atoms with Crippen LogP contribution < -0.4 is 5.32 Å². The van der Waals surface area contributed by atoms with Crippen molar-refractivity contribution in [2.45, 2.75) is 6.42 Å². The molecule has 0 aromatic heterocycles. The Labute approximate surface area is 127 Å². The lowest BCUT2D eigenvalue weighted by molar-refractivity contribution is -0.139. The molecule has 5 nitrogen and oxygen atoms in total. The van der Waals surface area contributed by atoms with Gasteiger partial charge in [-0.1, -0.05) is 6.07 Å². The first kappa shape index (κ1) is 16.4. The molecule has 2 rings (SSSR count). The van der Waals surface area contributed by atoms with Crippen LogP contribution in [-0.2, 0) is 16.0 Å². The fourth-order valence-electron chi connectivity index (χ4n) is 2.26. The van der Waals surface area contributed by atoms with Crippen LogP contribution in [0.25, 0.3) is 0 Å². The molecule has 7 heteroatoms. The van der Waals surface area contributed by atoms with Gasteiger partial charge in [0.05, 0.1) is 13.0 Å². The van der Waals surface area contributed by atoms with Gasteiger partial charge in [0.1, 0.15) is 0 Å². The van der Waals surface area contributed by atoms with Crippen molar-refractivity contribution >= 4 is 11.8 Å². The largest absolute Gasteiger partial charge is 0.339 e.